The molecule has 0 aliphatic heterocycles. The fraction of sp³-hybridized carbons (Fsp3) is 0.231. The molecular formula is C13H14BrFN4O. The Morgan fingerprint density at radius 1 is 1.55 bits per heavy atom. The minimum absolute atomic E-state index is 0.115. The minimum Gasteiger partial charge on any atom is -0.395 e. The highest BCUT2D eigenvalue weighted by molar-refractivity contribution is 9.10. The fourth-order valence-corrected chi connectivity index (χ4v) is 2.12. The van der Waals surface area contributed by atoms with E-state index in [-0.39, 0.29) is 5.69 Å². The molecule has 1 heterocycles. The van der Waals surface area contributed by atoms with Gasteiger partial charge in [-0.25, -0.2) is 4.39 Å². The predicted molar refractivity (Wildman–Crippen MR) is 79.0 cm³/mol. The molecule has 0 fully saturated rings. The molecule has 0 aliphatic rings. The van der Waals surface area contributed by atoms with Crippen LogP contribution in [0, 0.1) is 5.82 Å². The number of carbonyl (C=O) groups is 1. The maximum atomic E-state index is 13.2. The van der Waals surface area contributed by atoms with Gasteiger partial charge in [0.05, 0.1) is 17.1 Å². The number of halogens is 2. The van der Waals surface area contributed by atoms with Crippen molar-refractivity contribution in [1.29, 1.82) is 0 Å². The molecule has 106 valence electrons. The van der Waals surface area contributed by atoms with Gasteiger partial charge in [-0.1, -0.05) is 13.3 Å². The van der Waals surface area contributed by atoms with Crippen molar-refractivity contribution in [3.63, 3.8) is 0 Å². The van der Waals surface area contributed by atoms with E-state index in [1.807, 2.05) is 6.92 Å². The summed E-state index contributed by atoms with van der Waals surface area (Å²) in [5.74, 6) is -0.919. The van der Waals surface area contributed by atoms with E-state index in [4.69, 9.17) is 5.73 Å². The van der Waals surface area contributed by atoms with E-state index < -0.39 is 11.7 Å². The molecule has 0 aliphatic carbocycles. The number of rotatable bonds is 4. The highest BCUT2D eigenvalue weighted by Gasteiger charge is 2.17. The van der Waals surface area contributed by atoms with Crippen LogP contribution >= 0.6 is 15.9 Å². The molecule has 4 N–H and O–H groups in total. The third-order valence-electron chi connectivity index (χ3n) is 2.77. The summed E-state index contributed by atoms with van der Waals surface area (Å²) < 4.78 is 13.7. The summed E-state index contributed by atoms with van der Waals surface area (Å²) in [5.41, 5.74) is 7.38. The summed E-state index contributed by atoms with van der Waals surface area (Å²) in [5, 5.41) is 9.23. The van der Waals surface area contributed by atoms with E-state index in [1.54, 1.807) is 0 Å². The lowest BCUT2D eigenvalue weighted by molar-refractivity contribution is 0.102. The van der Waals surface area contributed by atoms with Gasteiger partial charge in [-0.2, -0.15) is 5.10 Å². The Kier molecular flexibility index (Phi) is 4.39. The molecule has 20 heavy (non-hydrogen) atoms. The molecule has 0 saturated heterocycles. The molecule has 2 aromatic rings. The van der Waals surface area contributed by atoms with Crippen molar-refractivity contribution in [1.82, 2.24) is 10.2 Å². The van der Waals surface area contributed by atoms with Crippen LogP contribution in [0.4, 0.5) is 15.8 Å². The highest BCUT2D eigenvalue weighted by Crippen LogP contribution is 2.24. The van der Waals surface area contributed by atoms with Crippen LogP contribution in [0.5, 0.6) is 0 Å². The smallest absolute Gasteiger partial charge is 0.278 e. The summed E-state index contributed by atoms with van der Waals surface area (Å²) in [6, 6.07) is 4.03. The third-order valence-corrected chi connectivity index (χ3v) is 3.47. The number of nitrogens with two attached hydrogens (primary N) is 1. The summed E-state index contributed by atoms with van der Waals surface area (Å²) in [4.78, 5) is 12.1. The van der Waals surface area contributed by atoms with Crippen molar-refractivity contribution in [3.8, 4) is 0 Å². The number of aromatic nitrogens is 2. The van der Waals surface area contributed by atoms with Gasteiger partial charge in [0.2, 0.25) is 0 Å². The Balaban J connectivity index is 2.22. The van der Waals surface area contributed by atoms with Crippen molar-refractivity contribution in [2.75, 3.05) is 11.1 Å². The van der Waals surface area contributed by atoms with Gasteiger partial charge in [0, 0.05) is 4.47 Å². The van der Waals surface area contributed by atoms with Crippen LogP contribution in [-0.2, 0) is 6.42 Å². The maximum absolute atomic E-state index is 13.2. The first kappa shape index (κ1) is 14.5. The molecule has 0 radical (unpaired) electrons. The zero-order valence-corrected chi connectivity index (χ0v) is 12.4. The van der Waals surface area contributed by atoms with Crippen molar-refractivity contribution in [2.24, 2.45) is 0 Å². The lowest BCUT2D eigenvalue weighted by Gasteiger charge is -2.06. The summed E-state index contributed by atoms with van der Waals surface area (Å²) in [7, 11) is 0. The monoisotopic (exact) mass is 340 g/mol. The number of hydrogen-bond donors (Lipinski definition) is 3. The van der Waals surface area contributed by atoms with Crippen molar-refractivity contribution >= 4 is 33.2 Å². The first-order chi connectivity index (χ1) is 9.52. The second-order valence-electron chi connectivity index (χ2n) is 4.29. The minimum atomic E-state index is -0.479. The largest absolute Gasteiger partial charge is 0.395 e. The Morgan fingerprint density at radius 2 is 2.30 bits per heavy atom. The predicted octanol–water partition coefficient (Wildman–Crippen LogP) is 3.10. The average molecular weight is 341 g/mol. The van der Waals surface area contributed by atoms with E-state index in [1.165, 1.54) is 18.2 Å². The van der Waals surface area contributed by atoms with Crippen LogP contribution in [0.15, 0.2) is 22.7 Å². The number of benzene rings is 1. The van der Waals surface area contributed by atoms with Crippen LogP contribution in [0.3, 0.4) is 0 Å². The van der Waals surface area contributed by atoms with Crippen LogP contribution in [0.1, 0.15) is 29.5 Å². The van der Waals surface area contributed by atoms with Crippen molar-refractivity contribution in [3.05, 3.63) is 39.9 Å². The van der Waals surface area contributed by atoms with Gasteiger partial charge < -0.3 is 11.1 Å². The van der Waals surface area contributed by atoms with Crippen LogP contribution < -0.4 is 11.1 Å². The van der Waals surface area contributed by atoms with Crippen LogP contribution in [0.25, 0.3) is 0 Å². The molecule has 2 rings (SSSR count). The lowest BCUT2D eigenvalue weighted by atomic mass is 10.2. The molecule has 0 bridgehead atoms. The second kappa shape index (κ2) is 6.04. The van der Waals surface area contributed by atoms with Gasteiger partial charge in [0.15, 0.2) is 5.69 Å². The average Bonchev–Trinajstić information content (AvgIpc) is 2.76. The molecule has 7 heteroatoms. The summed E-state index contributed by atoms with van der Waals surface area (Å²) >= 11 is 3.24. The number of carbonyl (C=O) groups excluding carboxylic acids is 1. The number of nitrogens with one attached hydrogen (secondary N) is 2. The molecular weight excluding hydrogens is 327 g/mol. The number of H-pyrrole nitrogens is 1. The Morgan fingerprint density at radius 3 is 3.00 bits per heavy atom. The van der Waals surface area contributed by atoms with E-state index >= 15 is 0 Å². The third kappa shape index (κ3) is 2.98. The Hall–Kier alpha value is -1.89. The van der Waals surface area contributed by atoms with Crippen molar-refractivity contribution in [2.45, 2.75) is 19.8 Å². The molecule has 0 saturated carbocycles. The van der Waals surface area contributed by atoms with E-state index in [0.717, 1.165) is 18.5 Å². The number of nitrogens with zero attached hydrogens (tertiary/aromatic N) is 1. The quantitative estimate of drug-likeness (QED) is 0.799. The van der Waals surface area contributed by atoms with Gasteiger partial charge in [-0.3, -0.25) is 9.89 Å². The van der Waals surface area contributed by atoms with E-state index in [9.17, 15) is 9.18 Å². The van der Waals surface area contributed by atoms with E-state index in [2.05, 4.69) is 31.4 Å². The van der Waals surface area contributed by atoms with Crippen LogP contribution in [-0.4, -0.2) is 16.1 Å². The van der Waals surface area contributed by atoms with Crippen molar-refractivity contribution < 1.29 is 9.18 Å². The summed E-state index contributed by atoms with van der Waals surface area (Å²) in [6.07, 6.45) is 1.61. The van der Waals surface area contributed by atoms with Gasteiger partial charge in [0.1, 0.15) is 5.82 Å². The zero-order chi connectivity index (χ0) is 14.7. The molecule has 1 aromatic carbocycles. The second-order valence-corrected chi connectivity index (χ2v) is 5.15. The molecule has 0 atom stereocenters. The van der Waals surface area contributed by atoms with E-state index in [0.29, 0.717) is 15.8 Å². The number of aromatic amines is 1. The molecule has 1 amide bonds. The fourth-order valence-electron chi connectivity index (χ4n) is 1.78. The Labute approximate surface area is 123 Å². The number of aryl methyl sites for hydroxylation is 1. The molecule has 1 aromatic heterocycles. The Bertz CT molecular complexity index is 641. The first-order valence-corrected chi connectivity index (χ1v) is 6.91. The van der Waals surface area contributed by atoms with Gasteiger partial charge in [-0.05, 0) is 40.5 Å². The normalized spacial score (nSPS) is 10.6. The number of nitrogen functional groups attached to an aromatic ring is 1. The first-order valence-electron chi connectivity index (χ1n) is 6.12. The topological polar surface area (TPSA) is 83.8 Å². The number of anilines is 2. The lowest BCUT2D eigenvalue weighted by Crippen LogP contribution is -2.15. The molecule has 0 unspecified atom stereocenters. The summed E-state index contributed by atoms with van der Waals surface area (Å²) in [6.45, 7) is 2.00. The number of amides is 1. The van der Waals surface area contributed by atoms with Crippen LogP contribution in [0.2, 0.25) is 0 Å². The standard InChI is InChI=1S/C13H14BrFN4O/c1-2-3-9-11(16)12(19-18-9)13(20)17-10-6-7(15)4-5-8(10)14/h4-6H,2-3,16H2,1H3,(H,17,20)(H,18,19). The maximum Gasteiger partial charge on any atom is 0.278 e. The SMILES string of the molecule is CCCc1[nH]nc(C(=O)Nc2cc(F)ccc2Br)c1N. The highest BCUT2D eigenvalue weighted by atomic mass is 79.9. The van der Waals surface area contributed by atoms with Gasteiger partial charge in [-0.15, -0.1) is 0 Å². The zero-order valence-electron chi connectivity index (χ0n) is 10.8. The molecule has 0 spiro atoms. The molecule has 5 nitrogen and oxygen atoms in total. The van der Waals surface area contributed by atoms with Gasteiger partial charge in [0.25, 0.3) is 5.91 Å². The number of hydrogen-bond acceptors (Lipinski definition) is 3. The van der Waals surface area contributed by atoms with Gasteiger partial charge >= 0.3 is 0 Å².